The van der Waals surface area contributed by atoms with Crippen LogP contribution < -0.4 is 10.9 Å². The number of nitrogens with zero attached hydrogens (tertiary/aromatic N) is 3. The number of urea groups is 1. The molecule has 23 heavy (non-hydrogen) atoms. The highest BCUT2D eigenvalue weighted by molar-refractivity contribution is 5.74. The van der Waals surface area contributed by atoms with E-state index in [0.29, 0.717) is 30.8 Å². The molecule has 1 aliphatic rings. The van der Waals surface area contributed by atoms with Gasteiger partial charge in [-0.25, -0.2) is 9.78 Å². The molecule has 1 aliphatic heterocycles. The number of furan rings is 1. The highest BCUT2D eigenvalue weighted by atomic mass is 16.3. The molecule has 2 aromatic heterocycles. The largest absolute Gasteiger partial charge is 0.464 e. The summed E-state index contributed by atoms with van der Waals surface area (Å²) in [5, 5.41) is 2.92. The first-order valence-corrected chi connectivity index (χ1v) is 7.61. The molecule has 1 atom stereocenters. The Morgan fingerprint density at radius 3 is 2.91 bits per heavy atom. The van der Waals surface area contributed by atoms with Gasteiger partial charge in [0.05, 0.1) is 24.6 Å². The Bertz CT molecular complexity index is 793. The monoisotopic (exact) mass is 316 g/mol. The fraction of sp³-hybridized carbons (Fsp3) is 0.438. The van der Waals surface area contributed by atoms with Gasteiger partial charge in [-0.05, 0) is 32.4 Å². The zero-order valence-corrected chi connectivity index (χ0v) is 13.5. The van der Waals surface area contributed by atoms with Crippen molar-refractivity contribution >= 4 is 6.03 Å². The van der Waals surface area contributed by atoms with Crippen LogP contribution in [0.15, 0.2) is 27.7 Å². The maximum atomic E-state index is 12.4. The molecule has 0 spiro atoms. The summed E-state index contributed by atoms with van der Waals surface area (Å²) in [7, 11) is 1.68. The molecule has 3 heterocycles. The molecule has 0 unspecified atom stereocenters. The molecule has 1 N–H and O–H groups in total. The summed E-state index contributed by atoms with van der Waals surface area (Å²) in [6, 6.07) is 3.33. The second-order valence-corrected chi connectivity index (χ2v) is 5.88. The molecule has 3 rings (SSSR count). The minimum Gasteiger partial charge on any atom is -0.464 e. The van der Waals surface area contributed by atoms with Crippen LogP contribution in [0.3, 0.4) is 0 Å². The van der Waals surface area contributed by atoms with Crippen LogP contribution in [0, 0.1) is 6.92 Å². The minimum atomic E-state index is -0.214. The van der Waals surface area contributed by atoms with Gasteiger partial charge in [-0.15, -0.1) is 0 Å². The lowest BCUT2D eigenvalue weighted by Crippen LogP contribution is -2.45. The quantitative estimate of drug-likeness (QED) is 0.910. The number of carbonyl (C=O) groups is 1. The fourth-order valence-electron chi connectivity index (χ4n) is 2.72. The Balaban J connectivity index is 1.69. The topological polar surface area (TPSA) is 80.4 Å². The lowest BCUT2D eigenvalue weighted by molar-refractivity contribution is 0.186. The predicted octanol–water partition coefficient (Wildman–Crippen LogP) is 1.51. The average molecular weight is 316 g/mol. The Hall–Kier alpha value is -2.57. The third-order valence-corrected chi connectivity index (χ3v) is 4.10. The maximum Gasteiger partial charge on any atom is 0.318 e. The molecule has 0 aliphatic carbocycles. The lowest BCUT2D eigenvalue weighted by Gasteiger charge is -2.29. The summed E-state index contributed by atoms with van der Waals surface area (Å²) in [5.41, 5.74) is 1.35. The Kier molecular flexibility index (Phi) is 3.94. The Morgan fingerprint density at radius 1 is 1.43 bits per heavy atom. The van der Waals surface area contributed by atoms with E-state index in [1.807, 2.05) is 26.0 Å². The van der Waals surface area contributed by atoms with Crippen molar-refractivity contribution in [2.24, 2.45) is 7.05 Å². The summed E-state index contributed by atoms with van der Waals surface area (Å²) >= 11 is 0. The van der Waals surface area contributed by atoms with E-state index in [9.17, 15) is 9.59 Å². The molecule has 0 saturated heterocycles. The van der Waals surface area contributed by atoms with Crippen molar-refractivity contribution in [3.63, 3.8) is 0 Å². The lowest BCUT2D eigenvalue weighted by atomic mass is 10.1. The first-order chi connectivity index (χ1) is 11.0. The van der Waals surface area contributed by atoms with Crippen LogP contribution in [0.4, 0.5) is 4.79 Å². The van der Waals surface area contributed by atoms with Crippen LogP contribution in [0.2, 0.25) is 0 Å². The van der Waals surface area contributed by atoms with Crippen LogP contribution in [-0.2, 0) is 20.0 Å². The van der Waals surface area contributed by atoms with E-state index in [4.69, 9.17) is 4.42 Å². The van der Waals surface area contributed by atoms with Crippen molar-refractivity contribution in [3.05, 3.63) is 51.6 Å². The molecule has 0 bridgehead atoms. The molecule has 2 aromatic rings. The Labute approximate surface area is 133 Å². The number of aryl methyl sites for hydroxylation is 2. The summed E-state index contributed by atoms with van der Waals surface area (Å²) < 4.78 is 7.00. The van der Waals surface area contributed by atoms with Crippen LogP contribution in [0.1, 0.15) is 35.7 Å². The third kappa shape index (κ3) is 2.99. The van der Waals surface area contributed by atoms with E-state index in [1.54, 1.807) is 11.9 Å². The van der Waals surface area contributed by atoms with Gasteiger partial charge in [0, 0.05) is 19.2 Å². The number of aromatic nitrogens is 2. The zero-order chi connectivity index (χ0) is 16.6. The molecule has 7 heteroatoms. The van der Waals surface area contributed by atoms with Crippen LogP contribution in [0.5, 0.6) is 0 Å². The van der Waals surface area contributed by atoms with Crippen LogP contribution >= 0.6 is 0 Å². The normalized spacial score (nSPS) is 15.2. The number of rotatable bonds is 2. The van der Waals surface area contributed by atoms with Crippen molar-refractivity contribution in [1.82, 2.24) is 19.8 Å². The molecule has 122 valence electrons. The van der Waals surface area contributed by atoms with Crippen LogP contribution in [-0.4, -0.2) is 27.0 Å². The van der Waals surface area contributed by atoms with Crippen molar-refractivity contribution in [2.75, 3.05) is 6.54 Å². The maximum absolute atomic E-state index is 12.4. The van der Waals surface area contributed by atoms with Gasteiger partial charge in [0.15, 0.2) is 0 Å². The number of hydrogen-bond donors (Lipinski definition) is 1. The van der Waals surface area contributed by atoms with Crippen molar-refractivity contribution in [3.8, 4) is 0 Å². The number of nitrogens with one attached hydrogen (secondary N) is 1. The molecular formula is C16H20N4O3. The predicted molar refractivity (Wildman–Crippen MR) is 84.0 cm³/mol. The standard InChI is InChI=1S/C16H20N4O3/c1-10-4-5-14(23-10)11(2)18-16(22)20-7-6-12-13(8-20)17-9-19(3)15(12)21/h4-5,9,11H,6-8H2,1-3H3,(H,18,22)/t11-/m0/s1. The van der Waals surface area contributed by atoms with Crippen molar-refractivity contribution in [1.29, 1.82) is 0 Å². The first kappa shape index (κ1) is 15.3. The van der Waals surface area contributed by atoms with Gasteiger partial charge in [0.25, 0.3) is 5.56 Å². The summed E-state index contributed by atoms with van der Waals surface area (Å²) in [5.74, 6) is 1.54. The molecule has 0 saturated carbocycles. The number of amides is 2. The SMILES string of the molecule is Cc1ccc([C@H](C)NC(=O)N2CCc3c(ncn(C)c3=O)C2)o1. The van der Waals surface area contributed by atoms with Gasteiger partial charge >= 0.3 is 6.03 Å². The Morgan fingerprint density at radius 2 is 2.22 bits per heavy atom. The fourth-order valence-corrected chi connectivity index (χ4v) is 2.72. The van der Waals surface area contributed by atoms with Gasteiger partial charge in [0.1, 0.15) is 11.5 Å². The average Bonchev–Trinajstić information content (AvgIpc) is 2.97. The molecule has 0 aromatic carbocycles. The molecule has 2 amide bonds. The highest BCUT2D eigenvalue weighted by Gasteiger charge is 2.25. The number of fused-ring (bicyclic) bond motifs is 1. The molecule has 0 radical (unpaired) electrons. The molecule has 7 nitrogen and oxygen atoms in total. The highest BCUT2D eigenvalue weighted by Crippen LogP contribution is 2.18. The van der Waals surface area contributed by atoms with Gasteiger partial charge in [-0.2, -0.15) is 0 Å². The minimum absolute atomic E-state index is 0.0329. The van der Waals surface area contributed by atoms with Crippen LogP contribution in [0.25, 0.3) is 0 Å². The van der Waals surface area contributed by atoms with E-state index in [1.165, 1.54) is 10.9 Å². The summed E-state index contributed by atoms with van der Waals surface area (Å²) in [6.45, 7) is 4.60. The van der Waals surface area contributed by atoms with Crippen molar-refractivity contribution < 1.29 is 9.21 Å². The van der Waals surface area contributed by atoms with Gasteiger partial charge in [0.2, 0.25) is 0 Å². The van der Waals surface area contributed by atoms with Gasteiger partial charge in [-0.1, -0.05) is 0 Å². The van der Waals surface area contributed by atoms with E-state index >= 15 is 0 Å². The third-order valence-electron chi connectivity index (χ3n) is 4.10. The molecular weight excluding hydrogens is 296 g/mol. The van der Waals surface area contributed by atoms with E-state index in [0.717, 1.165) is 11.5 Å². The first-order valence-electron chi connectivity index (χ1n) is 7.61. The van der Waals surface area contributed by atoms with E-state index in [-0.39, 0.29) is 17.6 Å². The van der Waals surface area contributed by atoms with Gasteiger partial charge in [-0.3, -0.25) is 4.79 Å². The van der Waals surface area contributed by atoms with Crippen molar-refractivity contribution in [2.45, 2.75) is 32.9 Å². The molecule has 0 fully saturated rings. The smallest absolute Gasteiger partial charge is 0.318 e. The van der Waals surface area contributed by atoms with Gasteiger partial charge < -0.3 is 19.2 Å². The summed E-state index contributed by atoms with van der Waals surface area (Å²) in [4.78, 5) is 30.4. The number of carbonyl (C=O) groups excluding carboxylic acids is 1. The summed E-state index contributed by atoms with van der Waals surface area (Å²) in [6.07, 6.45) is 2.02. The second-order valence-electron chi connectivity index (χ2n) is 5.88. The zero-order valence-electron chi connectivity index (χ0n) is 13.5. The van der Waals surface area contributed by atoms with E-state index < -0.39 is 0 Å². The second kappa shape index (κ2) is 5.91. The number of hydrogen-bond acceptors (Lipinski definition) is 4. The van der Waals surface area contributed by atoms with E-state index in [2.05, 4.69) is 10.3 Å².